The summed E-state index contributed by atoms with van der Waals surface area (Å²) in [4.78, 5) is 32.3. The molecule has 0 aliphatic rings. The first-order valence-corrected chi connectivity index (χ1v) is 19.0. The lowest BCUT2D eigenvalue weighted by Gasteiger charge is -2.37. The van der Waals surface area contributed by atoms with E-state index in [9.17, 15) is 9.59 Å². The number of esters is 1. The van der Waals surface area contributed by atoms with E-state index in [4.69, 9.17) is 25.1 Å². The molecular formula is C32H56N2O6SSi. The maximum Gasteiger partial charge on any atom is 0.410 e. The van der Waals surface area contributed by atoms with E-state index in [0.717, 1.165) is 19.3 Å². The first-order chi connectivity index (χ1) is 19.4. The molecule has 0 aromatic carbocycles. The van der Waals surface area contributed by atoms with Crippen molar-refractivity contribution in [2.24, 2.45) is 5.92 Å². The third kappa shape index (κ3) is 13.1. The number of hydrogen-bond donors (Lipinski definition) is 0. The van der Waals surface area contributed by atoms with Gasteiger partial charge in [-0.15, -0.1) is 23.7 Å². The summed E-state index contributed by atoms with van der Waals surface area (Å²) in [7, 11) is -1.86. The Morgan fingerprint density at radius 1 is 1.10 bits per heavy atom. The van der Waals surface area contributed by atoms with Crippen molar-refractivity contribution >= 4 is 31.7 Å². The molecule has 0 bridgehead atoms. The van der Waals surface area contributed by atoms with Crippen molar-refractivity contribution in [1.82, 2.24) is 9.88 Å². The predicted molar refractivity (Wildman–Crippen MR) is 173 cm³/mol. The van der Waals surface area contributed by atoms with E-state index in [2.05, 4.69) is 58.6 Å². The quantitative estimate of drug-likeness (QED) is 0.0746. The largest absolute Gasteiger partial charge is 0.461 e. The highest BCUT2D eigenvalue weighted by Crippen LogP contribution is 2.37. The van der Waals surface area contributed by atoms with Crippen LogP contribution >= 0.6 is 11.3 Å². The normalized spacial score (nSPS) is 13.9. The van der Waals surface area contributed by atoms with Crippen molar-refractivity contribution < 1.29 is 28.2 Å². The number of carbonyl (C=O) groups is 2. The van der Waals surface area contributed by atoms with Crippen LogP contribution in [0.5, 0.6) is 0 Å². The van der Waals surface area contributed by atoms with Gasteiger partial charge in [0.1, 0.15) is 16.7 Å². The van der Waals surface area contributed by atoms with Crippen LogP contribution in [0.3, 0.4) is 0 Å². The zero-order valence-corrected chi connectivity index (χ0v) is 29.8. The molecule has 240 valence electrons. The first kappa shape index (κ1) is 38.1. The van der Waals surface area contributed by atoms with Crippen LogP contribution in [0.2, 0.25) is 18.1 Å². The molecule has 10 heteroatoms. The smallest absolute Gasteiger partial charge is 0.410 e. The first-order valence-electron chi connectivity index (χ1n) is 15.2. The Bertz CT molecular complexity index is 1010. The lowest BCUT2D eigenvalue weighted by molar-refractivity contribution is -0.0120. The van der Waals surface area contributed by atoms with E-state index in [-0.39, 0.29) is 35.4 Å². The van der Waals surface area contributed by atoms with Crippen LogP contribution in [0.4, 0.5) is 4.79 Å². The third-order valence-corrected chi connectivity index (χ3v) is 12.9. The summed E-state index contributed by atoms with van der Waals surface area (Å²) in [6.45, 7) is 24.6. The molecule has 0 aliphatic heterocycles. The van der Waals surface area contributed by atoms with E-state index < -0.39 is 26.0 Å². The van der Waals surface area contributed by atoms with Gasteiger partial charge >= 0.3 is 12.1 Å². The minimum absolute atomic E-state index is 0.114. The van der Waals surface area contributed by atoms with Crippen molar-refractivity contribution in [2.75, 3.05) is 26.4 Å². The topological polar surface area (TPSA) is 87.2 Å². The van der Waals surface area contributed by atoms with Crippen LogP contribution in [-0.4, -0.2) is 68.3 Å². The Morgan fingerprint density at radius 3 is 2.31 bits per heavy atom. The van der Waals surface area contributed by atoms with Crippen LogP contribution < -0.4 is 0 Å². The molecule has 0 N–H and O–H groups in total. The Hall–Kier alpha value is -1.93. The molecule has 0 radical (unpaired) electrons. The average Bonchev–Trinajstić information content (AvgIpc) is 3.35. The zero-order valence-electron chi connectivity index (χ0n) is 28.0. The van der Waals surface area contributed by atoms with Gasteiger partial charge in [-0.25, -0.2) is 14.6 Å². The summed E-state index contributed by atoms with van der Waals surface area (Å²) < 4.78 is 23.8. The van der Waals surface area contributed by atoms with Gasteiger partial charge in [0.15, 0.2) is 14.0 Å². The number of ether oxygens (including phenoxy) is 3. The molecule has 0 aliphatic carbocycles. The fourth-order valence-electron chi connectivity index (χ4n) is 4.00. The van der Waals surface area contributed by atoms with Crippen LogP contribution in [0, 0.1) is 18.3 Å². The molecule has 0 fully saturated rings. The molecule has 1 aromatic heterocycles. The van der Waals surface area contributed by atoms with Crippen LogP contribution in [0.1, 0.15) is 116 Å². The number of thiazole rings is 1. The molecule has 0 saturated carbocycles. The number of terminal acetylenes is 1. The lowest BCUT2D eigenvalue weighted by Crippen LogP contribution is -2.47. The molecule has 42 heavy (non-hydrogen) atoms. The van der Waals surface area contributed by atoms with Gasteiger partial charge in [0, 0.05) is 44.0 Å². The third-order valence-electron chi connectivity index (χ3n) is 7.38. The van der Waals surface area contributed by atoms with Gasteiger partial charge in [-0.05, 0) is 71.0 Å². The molecule has 0 saturated heterocycles. The van der Waals surface area contributed by atoms with E-state index >= 15 is 0 Å². The second kappa shape index (κ2) is 17.4. The summed E-state index contributed by atoms with van der Waals surface area (Å²) in [5.41, 5.74) is -0.356. The van der Waals surface area contributed by atoms with Crippen molar-refractivity contribution in [3.8, 4) is 12.3 Å². The van der Waals surface area contributed by atoms with Gasteiger partial charge in [-0.1, -0.05) is 34.6 Å². The molecule has 0 unspecified atom stereocenters. The number of unbranched alkanes of at least 4 members (excludes halogenated alkanes) is 2. The van der Waals surface area contributed by atoms with Gasteiger partial charge in [0.25, 0.3) is 0 Å². The summed E-state index contributed by atoms with van der Waals surface area (Å²) in [5.74, 6) is 2.34. The number of carbonyl (C=O) groups excluding carboxylic acids is 2. The second-order valence-electron chi connectivity index (χ2n) is 13.5. The molecule has 1 heterocycles. The highest BCUT2D eigenvalue weighted by atomic mass is 32.1. The fourth-order valence-corrected chi connectivity index (χ4v) is 5.94. The van der Waals surface area contributed by atoms with E-state index in [0.29, 0.717) is 37.6 Å². The van der Waals surface area contributed by atoms with Crippen molar-refractivity contribution in [2.45, 2.75) is 130 Å². The molecular weight excluding hydrogens is 569 g/mol. The van der Waals surface area contributed by atoms with Crippen LogP contribution in [0.25, 0.3) is 0 Å². The van der Waals surface area contributed by atoms with Crippen molar-refractivity contribution in [3.63, 3.8) is 0 Å². The van der Waals surface area contributed by atoms with Gasteiger partial charge in [-0.3, -0.25) is 0 Å². The Labute approximate surface area is 260 Å². The summed E-state index contributed by atoms with van der Waals surface area (Å²) in [5, 5.41) is 2.53. The van der Waals surface area contributed by atoms with Gasteiger partial charge in [0.2, 0.25) is 0 Å². The minimum Gasteiger partial charge on any atom is -0.461 e. The minimum atomic E-state index is -1.86. The molecule has 2 atom stereocenters. The van der Waals surface area contributed by atoms with Crippen LogP contribution in [0.15, 0.2) is 5.38 Å². The molecule has 1 aromatic rings. The second-order valence-corrected chi connectivity index (χ2v) is 19.2. The molecule has 0 spiro atoms. The molecule has 1 amide bonds. The van der Waals surface area contributed by atoms with E-state index in [1.807, 2.05) is 25.7 Å². The number of nitrogens with zero attached hydrogens (tertiary/aromatic N) is 2. The van der Waals surface area contributed by atoms with Gasteiger partial charge in [0.05, 0.1) is 6.61 Å². The van der Waals surface area contributed by atoms with Crippen molar-refractivity contribution in [1.29, 1.82) is 0 Å². The zero-order chi connectivity index (χ0) is 32.1. The Kier molecular flexibility index (Phi) is 15.8. The number of aromatic nitrogens is 1. The SMILES string of the molecule is C#CCCCCN(C(=O)OC(C)(C)C)[C@H](C[C@@H](OCCCO[Si](C)(C)C(C)(C)C)c1nc(C(=O)OCC)cs1)C(C)C. The van der Waals surface area contributed by atoms with Crippen LogP contribution in [-0.2, 0) is 18.6 Å². The maximum atomic E-state index is 13.5. The number of hydrogen-bond acceptors (Lipinski definition) is 8. The summed E-state index contributed by atoms with van der Waals surface area (Å²) in [6.07, 6.45) is 8.18. The van der Waals surface area contributed by atoms with E-state index in [1.54, 1.807) is 12.3 Å². The monoisotopic (exact) mass is 624 g/mol. The molecule has 8 nitrogen and oxygen atoms in total. The summed E-state index contributed by atoms with van der Waals surface area (Å²) in [6, 6.07) is -0.186. The number of rotatable bonds is 17. The van der Waals surface area contributed by atoms with Crippen molar-refractivity contribution in [3.05, 3.63) is 16.1 Å². The fraction of sp³-hybridized carbons (Fsp3) is 0.781. The maximum absolute atomic E-state index is 13.5. The average molecular weight is 625 g/mol. The van der Waals surface area contributed by atoms with Gasteiger partial charge in [-0.2, -0.15) is 0 Å². The number of amides is 1. The lowest BCUT2D eigenvalue weighted by atomic mass is 9.96. The highest BCUT2D eigenvalue weighted by molar-refractivity contribution is 7.09. The highest BCUT2D eigenvalue weighted by Gasteiger charge is 2.37. The summed E-state index contributed by atoms with van der Waals surface area (Å²) >= 11 is 1.37. The van der Waals surface area contributed by atoms with Gasteiger partial charge < -0.3 is 23.5 Å². The van der Waals surface area contributed by atoms with E-state index in [1.165, 1.54) is 11.3 Å². The Morgan fingerprint density at radius 2 is 1.76 bits per heavy atom. The predicted octanol–water partition coefficient (Wildman–Crippen LogP) is 8.24. The Balaban J connectivity index is 3.22. The standard InChI is InChI=1S/C32H56N2O6SSi/c1-13-15-16-17-19-34(30(36)40-31(5,6)7)26(24(3)4)22-27(28-33-25(23-41-28)29(35)37-14-2)38-20-18-21-39-42(11,12)32(8,9)10/h1,23-24,26-27H,14-22H2,2-12H3/t26-,27-/m1/s1. The molecule has 1 rings (SSSR count).